The molecule has 19 aromatic rings. The van der Waals surface area contributed by atoms with E-state index >= 15 is 0 Å². The summed E-state index contributed by atoms with van der Waals surface area (Å²) in [5.41, 5.74) is 37.6. The maximum absolute atomic E-state index is 6.53. The number of anilines is 6. The summed E-state index contributed by atoms with van der Waals surface area (Å²) in [7, 11) is 0. The first-order valence-corrected chi connectivity index (χ1v) is 39.5. The predicted octanol–water partition coefficient (Wildman–Crippen LogP) is 26.3. The van der Waals surface area contributed by atoms with Crippen LogP contribution in [0.25, 0.3) is 111 Å². The molecule has 0 radical (unpaired) electrons. The van der Waals surface area contributed by atoms with Crippen molar-refractivity contribution < 1.29 is 8.83 Å². The molecule has 530 valence electrons. The van der Waals surface area contributed by atoms with Crippen LogP contribution in [-0.4, -0.2) is 6.71 Å². The van der Waals surface area contributed by atoms with Crippen LogP contribution in [0.3, 0.4) is 0 Å². The summed E-state index contributed by atoms with van der Waals surface area (Å²) in [5, 5.41) is 4.40. The smallest absolute Gasteiger partial charge is 0.252 e. The van der Waals surface area contributed by atoms with Gasteiger partial charge in [-0.25, -0.2) is 0 Å². The van der Waals surface area contributed by atoms with Gasteiger partial charge < -0.3 is 18.6 Å². The third-order valence-electron chi connectivity index (χ3n) is 25.2. The quantitative estimate of drug-likeness (QED) is 0.128. The molecule has 0 saturated heterocycles. The van der Waals surface area contributed by atoms with Crippen molar-refractivity contribution >= 4 is 101 Å². The summed E-state index contributed by atoms with van der Waals surface area (Å²) < 4.78 is 13.1. The van der Waals surface area contributed by atoms with Gasteiger partial charge in [-0.05, 0) is 212 Å². The number of nitrogens with zero attached hydrogens (tertiary/aromatic N) is 2. The molecular formula is C108H73BN2O2. The van der Waals surface area contributed by atoms with Crippen molar-refractivity contribution in [2.45, 2.75) is 37.0 Å². The Balaban J connectivity index is 0.793. The molecule has 17 aromatic carbocycles. The lowest BCUT2D eigenvalue weighted by molar-refractivity contribution is 0.590. The van der Waals surface area contributed by atoms with Crippen molar-refractivity contribution in [3.8, 4) is 66.8 Å². The molecule has 0 N–H and O–H groups in total. The number of rotatable bonds is 10. The minimum Gasteiger partial charge on any atom is -0.456 e. The molecule has 0 unspecified atom stereocenters. The Morgan fingerprint density at radius 2 is 0.566 bits per heavy atom. The molecule has 0 amide bonds. The molecule has 0 atom stereocenters. The first-order valence-electron chi connectivity index (χ1n) is 39.5. The van der Waals surface area contributed by atoms with E-state index < -0.39 is 10.8 Å². The van der Waals surface area contributed by atoms with Gasteiger partial charge in [0.15, 0.2) is 0 Å². The van der Waals surface area contributed by atoms with Crippen molar-refractivity contribution in [3.05, 3.63) is 438 Å². The Kier molecular flexibility index (Phi) is 14.2. The second-order valence-electron chi connectivity index (χ2n) is 32.1. The first-order chi connectivity index (χ1) is 55.7. The highest BCUT2D eigenvalue weighted by atomic mass is 16.3. The van der Waals surface area contributed by atoms with E-state index in [4.69, 9.17) is 8.83 Å². The fourth-order valence-electron chi connectivity index (χ4n) is 20.2. The van der Waals surface area contributed by atoms with E-state index in [-0.39, 0.29) is 12.1 Å². The first kappa shape index (κ1) is 64.9. The fraction of sp³-hybridized carbons (Fsp3) is 0.0556. The Bertz CT molecular complexity index is 6630. The zero-order valence-electron chi connectivity index (χ0n) is 62.7. The molecule has 4 aliphatic rings. The Hall–Kier alpha value is -14.0. The lowest BCUT2D eigenvalue weighted by Crippen LogP contribution is -2.61. The van der Waals surface area contributed by atoms with E-state index in [0.29, 0.717) is 0 Å². The molecule has 113 heavy (non-hydrogen) atoms. The van der Waals surface area contributed by atoms with Crippen molar-refractivity contribution in [2.75, 3.05) is 9.80 Å². The lowest BCUT2D eigenvalue weighted by atomic mass is 9.33. The highest BCUT2D eigenvalue weighted by Gasteiger charge is 2.50. The summed E-state index contributed by atoms with van der Waals surface area (Å²) in [6.07, 6.45) is 0. The minimum absolute atomic E-state index is 0.221. The normalized spacial score (nSPS) is 13.9. The van der Waals surface area contributed by atoms with Gasteiger partial charge in [0.1, 0.15) is 22.3 Å². The summed E-state index contributed by atoms with van der Waals surface area (Å²) in [6, 6.07) is 146. The maximum atomic E-state index is 6.53. The standard InChI is InChI=1S/C108H73BN2O2/c1-106(2,3)78-66-99-105-100(67-78)111(96-45-25-19-37-80(96)73-49-55-84-82-39-17-23-43-90(82)108(92(84)63-73,76-32-12-6-13-33-76)77-34-14-7-15-35-77)98-65-71(69-53-59-104-88(61-69)86-41-21-27-47-102(86)113-104)51-57-94(98)109(105)93-56-50-70(68-52-58-103-87(60-68)85-40-20-26-46-101(85)112-103)64-97(93)110(99)95-44-24-18-36-79(95)72-48-54-83-81-38-16-22-42-89(81)107(91(83)62-72,74-28-8-4-9-29-74)75-30-10-5-11-31-75/h4-67H,1-3H3. The Morgan fingerprint density at radius 1 is 0.239 bits per heavy atom. The van der Waals surface area contributed by atoms with Gasteiger partial charge in [0.05, 0.1) is 22.2 Å². The molecule has 0 saturated carbocycles. The van der Waals surface area contributed by atoms with E-state index in [9.17, 15) is 0 Å². The summed E-state index contributed by atoms with van der Waals surface area (Å²) in [6.45, 7) is 6.93. The van der Waals surface area contributed by atoms with E-state index in [2.05, 4.69) is 419 Å². The zero-order valence-corrected chi connectivity index (χ0v) is 62.7. The molecule has 2 aliphatic heterocycles. The van der Waals surface area contributed by atoms with Crippen LogP contribution in [0.4, 0.5) is 34.1 Å². The van der Waals surface area contributed by atoms with Crippen molar-refractivity contribution in [1.82, 2.24) is 0 Å². The zero-order chi connectivity index (χ0) is 74.8. The molecule has 0 spiro atoms. The number of fused-ring (bicyclic) bond motifs is 16. The third kappa shape index (κ3) is 9.52. The topological polar surface area (TPSA) is 32.8 Å². The van der Waals surface area contributed by atoms with Crippen LogP contribution < -0.4 is 26.2 Å². The lowest BCUT2D eigenvalue weighted by Gasteiger charge is -2.46. The number of hydrogen-bond donors (Lipinski definition) is 0. The van der Waals surface area contributed by atoms with E-state index in [0.717, 1.165) is 123 Å². The van der Waals surface area contributed by atoms with Crippen LogP contribution in [0.2, 0.25) is 0 Å². The highest BCUT2D eigenvalue weighted by Crippen LogP contribution is 2.60. The van der Waals surface area contributed by atoms with Gasteiger partial charge in [-0.1, -0.05) is 324 Å². The van der Waals surface area contributed by atoms with Gasteiger partial charge in [-0.3, -0.25) is 0 Å². The van der Waals surface area contributed by atoms with Crippen LogP contribution in [0.15, 0.2) is 397 Å². The van der Waals surface area contributed by atoms with Gasteiger partial charge in [0.2, 0.25) is 0 Å². The largest absolute Gasteiger partial charge is 0.456 e. The van der Waals surface area contributed by atoms with E-state index in [1.54, 1.807) is 0 Å². The molecule has 4 nitrogen and oxygen atoms in total. The molecule has 5 heteroatoms. The van der Waals surface area contributed by atoms with Gasteiger partial charge in [0, 0.05) is 55.4 Å². The summed E-state index contributed by atoms with van der Waals surface area (Å²) >= 11 is 0. The van der Waals surface area contributed by atoms with Crippen molar-refractivity contribution in [3.63, 3.8) is 0 Å². The van der Waals surface area contributed by atoms with Gasteiger partial charge in [-0.15, -0.1) is 0 Å². The van der Waals surface area contributed by atoms with Crippen LogP contribution in [0.1, 0.15) is 70.8 Å². The number of benzene rings is 17. The second kappa shape index (κ2) is 24.8. The van der Waals surface area contributed by atoms with Crippen LogP contribution >= 0.6 is 0 Å². The fourth-order valence-corrected chi connectivity index (χ4v) is 20.2. The SMILES string of the molecule is CC(C)(C)c1cc2c3c(c1)N(c1ccccc1-c1ccc4c(c1)C(c1ccccc1)(c1ccccc1)c1ccccc1-4)c1cc(-c4ccc5oc6ccccc6c5c4)ccc1B3c1ccc(-c3ccc4oc5ccccc5c4c3)cc1N2c1ccccc1-c1ccc2c(c1)C(c1ccccc1)(c1ccccc1)c1ccccc1-2. The molecule has 2 aromatic heterocycles. The van der Waals surface area contributed by atoms with Crippen LogP contribution in [0, 0.1) is 0 Å². The average Bonchev–Trinajstić information content (AvgIpc) is 0.835. The third-order valence-corrected chi connectivity index (χ3v) is 25.2. The Labute approximate surface area is 657 Å². The van der Waals surface area contributed by atoms with Gasteiger partial charge >= 0.3 is 0 Å². The monoisotopic (exact) mass is 1440 g/mol. The average molecular weight is 1440 g/mol. The minimum atomic E-state index is -0.605. The molecule has 23 rings (SSSR count). The van der Waals surface area contributed by atoms with E-state index in [1.165, 1.54) is 88.7 Å². The molecule has 0 fully saturated rings. The van der Waals surface area contributed by atoms with Crippen molar-refractivity contribution in [2.24, 2.45) is 0 Å². The summed E-state index contributed by atoms with van der Waals surface area (Å²) in [4.78, 5) is 5.32. The van der Waals surface area contributed by atoms with Crippen molar-refractivity contribution in [1.29, 1.82) is 0 Å². The number of furan rings is 2. The Morgan fingerprint density at radius 3 is 0.982 bits per heavy atom. The highest BCUT2D eigenvalue weighted by molar-refractivity contribution is 7.00. The van der Waals surface area contributed by atoms with E-state index in [1.807, 2.05) is 0 Å². The maximum Gasteiger partial charge on any atom is 0.252 e. The number of para-hydroxylation sites is 4. The van der Waals surface area contributed by atoms with Gasteiger partial charge in [-0.2, -0.15) is 0 Å². The predicted molar refractivity (Wildman–Crippen MR) is 470 cm³/mol. The molecular weight excluding hydrogens is 1370 g/mol. The number of hydrogen-bond acceptors (Lipinski definition) is 4. The summed E-state index contributed by atoms with van der Waals surface area (Å²) in [5.74, 6) is 0. The molecule has 2 aliphatic carbocycles. The van der Waals surface area contributed by atoms with Crippen LogP contribution in [-0.2, 0) is 16.2 Å². The van der Waals surface area contributed by atoms with Crippen LogP contribution in [0.5, 0.6) is 0 Å². The molecule has 4 heterocycles. The van der Waals surface area contributed by atoms with Gasteiger partial charge in [0.25, 0.3) is 6.71 Å². The second-order valence-corrected chi connectivity index (χ2v) is 32.1. The molecule has 0 bridgehead atoms.